The number of hydrogen-bond acceptors (Lipinski definition) is 3. The van der Waals surface area contributed by atoms with Crippen molar-refractivity contribution in [1.29, 1.82) is 5.26 Å². The van der Waals surface area contributed by atoms with Crippen LogP contribution in [-0.4, -0.2) is 4.98 Å². The Morgan fingerprint density at radius 2 is 1.89 bits per heavy atom. The molecule has 0 unspecified atom stereocenters. The average molecular weight is 270 g/mol. The molecule has 1 aromatic heterocycles. The Kier molecular flexibility index (Phi) is 3.84. The topological polar surface area (TPSA) is 62.7 Å². The Hall–Kier alpha value is -2.31. The average Bonchev–Trinajstić information content (AvgIpc) is 2.44. The van der Waals surface area contributed by atoms with Gasteiger partial charge >= 0.3 is 0 Å². The maximum absolute atomic E-state index is 9.29. The van der Waals surface area contributed by atoms with Crippen molar-refractivity contribution >= 4 is 22.9 Å². The van der Waals surface area contributed by atoms with E-state index in [0.29, 0.717) is 16.3 Å². The Morgan fingerprint density at radius 3 is 2.47 bits per heavy atom. The van der Waals surface area contributed by atoms with Crippen molar-refractivity contribution in [2.45, 2.75) is 6.92 Å². The van der Waals surface area contributed by atoms with Crippen molar-refractivity contribution in [3.8, 4) is 6.07 Å². The molecule has 2 aromatic rings. The van der Waals surface area contributed by atoms with E-state index >= 15 is 0 Å². The van der Waals surface area contributed by atoms with Crippen LogP contribution >= 0.6 is 11.6 Å². The number of nitrogens with two attached hydrogens (primary N) is 1. The number of rotatable bonds is 2. The Labute approximate surface area is 117 Å². The number of aromatic nitrogens is 1. The summed E-state index contributed by atoms with van der Waals surface area (Å²) in [6, 6.07) is 11.1. The quantitative estimate of drug-likeness (QED) is 0.850. The molecule has 1 aromatic carbocycles. The van der Waals surface area contributed by atoms with Crippen LogP contribution in [0.2, 0.25) is 5.02 Å². The van der Waals surface area contributed by atoms with Crippen molar-refractivity contribution in [2.75, 3.05) is 0 Å². The van der Waals surface area contributed by atoms with Crippen LogP contribution in [-0.2, 0) is 0 Å². The summed E-state index contributed by atoms with van der Waals surface area (Å²) in [5.74, 6) is 0. The summed E-state index contributed by atoms with van der Waals surface area (Å²) >= 11 is 6.08. The van der Waals surface area contributed by atoms with E-state index in [-0.39, 0.29) is 0 Å². The normalized spacial score (nSPS) is 11.6. The lowest BCUT2D eigenvalue weighted by atomic mass is 10.0. The minimum atomic E-state index is 0.413. The molecule has 0 atom stereocenters. The first kappa shape index (κ1) is 13.1. The van der Waals surface area contributed by atoms with Gasteiger partial charge in [-0.2, -0.15) is 5.26 Å². The van der Waals surface area contributed by atoms with Gasteiger partial charge in [-0.05, 0) is 36.2 Å². The fourth-order valence-electron chi connectivity index (χ4n) is 1.70. The van der Waals surface area contributed by atoms with Crippen LogP contribution in [0.15, 0.2) is 42.7 Å². The molecule has 94 valence electrons. The predicted octanol–water partition coefficient (Wildman–Crippen LogP) is 3.39. The maximum Gasteiger partial charge on any atom is 0.102 e. The first-order valence-corrected chi connectivity index (χ1v) is 6.08. The third-order valence-corrected chi connectivity index (χ3v) is 3.24. The lowest BCUT2D eigenvalue weighted by Gasteiger charge is -2.07. The zero-order valence-electron chi connectivity index (χ0n) is 10.4. The number of benzene rings is 1. The summed E-state index contributed by atoms with van der Waals surface area (Å²) < 4.78 is 0. The van der Waals surface area contributed by atoms with Crippen molar-refractivity contribution in [3.63, 3.8) is 0 Å². The van der Waals surface area contributed by atoms with Crippen molar-refractivity contribution in [3.05, 3.63) is 64.4 Å². The molecule has 0 bridgehead atoms. The molecule has 0 aliphatic heterocycles. The van der Waals surface area contributed by atoms with Crippen LogP contribution in [0.3, 0.4) is 0 Å². The second-order valence-electron chi connectivity index (χ2n) is 4.10. The Balaban J connectivity index is 2.56. The van der Waals surface area contributed by atoms with Gasteiger partial charge in [0.25, 0.3) is 0 Å². The largest absolute Gasteiger partial charge is 0.397 e. The number of nitriles is 1. The van der Waals surface area contributed by atoms with E-state index in [1.54, 1.807) is 30.6 Å². The van der Waals surface area contributed by atoms with Gasteiger partial charge in [0.2, 0.25) is 0 Å². The highest BCUT2D eigenvalue weighted by Gasteiger charge is 2.09. The molecule has 19 heavy (non-hydrogen) atoms. The van der Waals surface area contributed by atoms with Gasteiger partial charge in [-0.3, -0.25) is 4.98 Å². The predicted molar refractivity (Wildman–Crippen MR) is 77.0 cm³/mol. The van der Waals surface area contributed by atoms with Crippen LogP contribution in [0.4, 0.5) is 0 Å². The number of pyridine rings is 1. The van der Waals surface area contributed by atoms with E-state index in [2.05, 4.69) is 11.1 Å². The van der Waals surface area contributed by atoms with Gasteiger partial charge in [0.15, 0.2) is 0 Å². The van der Waals surface area contributed by atoms with Crippen LogP contribution in [0.5, 0.6) is 0 Å². The molecule has 0 aliphatic carbocycles. The fourth-order valence-corrected chi connectivity index (χ4v) is 1.88. The Morgan fingerprint density at radius 1 is 1.21 bits per heavy atom. The Bertz CT molecular complexity index is 670. The third-order valence-electron chi connectivity index (χ3n) is 2.83. The smallest absolute Gasteiger partial charge is 0.102 e. The lowest BCUT2D eigenvalue weighted by molar-refractivity contribution is 1.31. The summed E-state index contributed by atoms with van der Waals surface area (Å²) in [4.78, 5) is 3.93. The SMILES string of the molecule is Cc1ccc(/C(N)=C(/C#N)c2ccncc2)cc1Cl. The summed E-state index contributed by atoms with van der Waals surface area (Å²) in [7, 11) is 0. The van der Waals surface area contributed by atoms with Gasteiger partial charge in [0, 0.05) is 23.0 Å². The summed E-state index contributed by atoms with van der Waals surface area (Å²) in [6.45, 7) is 1.92. The van der Waals surface area contributed by atoms with Crippen molar-refractivity contribution < 1.29 is 0 Å². The number of aryl methyl sites for hydroxylation is 1. The molecule has 0 amide bonds. The second-order valence-corrected chi connectivity index (χ2v) is 4.51. The van der Waals surface area contributed by atoms with Crippen LogP contribution in [0.1, 0.15) is 16.7 Å². The highest BCUT2D eigenvalue weighted by Crippen LogP contribution is 2.25. The van der Waals surface area contributed by atoms with Crippen LogP contribution in [0.25, 0.3) is 11.3 Å². The highest BCUT2D eigenvalue weighted by molar-refractivity contribution is 6.31. The minimum absolute atomic E-state index is 0.413. The highest BCUT2D eigenvalue weighted by atomic mass is 35.5. The summed E-state index contributed by atoms with van der Waals surface area (Å²) in [5, 5.41) is 9.93. The van der Waals surface area contributed by atoms with E-state index in [1.165, 1.54) is 0 Å². The van der Waals surface area contributed by atoms with E-state index < -0.39 is 0 Å². The molecule has 0 aliphatic rings. The van der Waals surface area contributed by atoms with Crippen molar-refractivity contribution in [1.82, 2.24) is 4.98 Å². The molecule has 3 nitrogen and oxygen atoms in total. The van der Waals surface area contributed by atoms with Gasteiger partial charge in [-0.15, -0.1) is 0 Å². The molecule has 4 heteroatoms. The monoisotopic (exact) mass is 269 g/mol. The molecule has 2 rings (SSSR count). The zero-order chi connectivity index (χ0) is 13.8. The molecule has 0 fully saturated rings. The number of nitrogens with zero attached hydrogens (tertiary/aromatic N) is 2. The van der Waals surface area contributed by atoms with E-state index in [9.17, 15) is 5.26 Å². The molecular formula is C15H12ClN3. The lowest BCUT2D eigenvalue weighted by Crippen LogP contribution is -2.01. The fraction of sp³-hybridized carbons (Fsp3) is 0.0667. The molecule has 0 radical (unpaired) electrons. The molecule has 0 saturated heterocycles. The van der Waals surface area contributed by atoms with E-state index in [4.69, 9.17) is 17.3 Å². The number of allylic oxidation sites excluding steroid dienone is 1. The standard InChI is InChI=1S/C15H12ClN3/c1-10-2-3-12(8-14(10)16)15(18)13(9-17)11-4-6-19-7-5-11/h2-8H,18H2,1H3/b15-13+. The van der Waals surface area contributed by atoms with Gasteiger partial charge in [-0.1, -0.05) is 23.7 Å². The number of halogens is 1. The van der Waals surface area contributed by atoms with Crippen LogP contribution in [0, 0.1) is 18.3 Å². The maximum atomic E-state index is 9.29. The molecule has 0 saturated carbocycles. The molecule has 0 spiro atoms. The molecular weight excluding hydrogens is 258 g/mol. The third kappa shape index (κ3) is 2.75. The van der Waals surface area contributed by atoms with Gasteiger partial charge in [-0.25, -0.2) is 0 Å². The summed E-state index contributed by atoms with van der Waals surface area (Å²) in [5.41, 5.74) is 9.37. The zero-order valence-corrected chi connectivity index (χ0v) is 11.1. The molecule has 1 heterocycles. The van der Waals surface area contributed by atoms with Crippen molar-refractivity contribution in [2.24, 2.45) is 5.73 Å². The minimum Gasteiger partial charge on any atom is -0.397 e. The summed E-state index contributed by atoms with van der Waals surface area (Å²) in [6.07, 6.45) is 3.25. The van der Waals surface area contributed by atoms with E-state index in [1.807, 2.05) is 19.1 Å². The van der Waals surface area contributed by atoms with Gasteiger partial charge in [0.1, 0.15) is 6.07 Å². The number of hydrogen-bond donors (Lipinski definition) is 1. The second kappa shape index (κ2) is 5.55. The van der Waals surface area contributed by atoms with Gasteiger partial charge in [0.05, 0.1) is 11.3 Å². The van der Waals surface area contributed by atoms with E-state index in [0.717, 1.165) is 16.7 Å². The molecule has 2 N–H and O–H groups in total. The first-order chi connectivity index (χ1) is 9.13. The van der Waals surface area contributed by atoms with Crippen LogP contribution < -0.4 is 5.73 Å². The first-order valence-electron chi connectivity index (χ1n) is 5.70. The van der Waals surface area contributed by atoms with Gasteiger partial charge < -0.3 is 5.73 Å².